The number of hydrogen-bond donors (Lipinski definition) is 0. The van der Waals surface area contributed by atoms with Crippen LogP contribution in [0, 0.1) is 12.3 Å². The second-order valence-electron chi connectivity index (χ2n) is 2.53. The van der Waals surface area contributed by atoms with Gasteiger partial charge in [0.2, 0.25) is 0 Å². The normalized spacial score (nSPS) is 30.2. The lowest BCUT2D eigenvalue weighted by atomic mass is 9.94. The molecule has 0 aromatic carbocycles. The second-order valence-corrected chi connectivity index (χ2v) is 3.97. The summed E-state index contributed by atoms with van der Waals surface area (Å²) in [5.74, 6) is 0.735. The smallest absolute Gasteiger partial charge is 0.0180 e. The molecular weight excluding hydrogens is 176 g/mol. The maximum atomic E-state index is 3.56. The molecule has 0 nitrogen and oxygen atoms in total. The van der Waals surface area contributed by atoms with Crippen LogP contribution in [0.25, 0.3) is 0 Å². The Morgan fingerprint density at radius 3 is 2.78 bits per heavy atom. The molecule has 51 valence electrons. The van der Waals surface area contributed by atoms with E-state index in [1.807, 2.05) is 0 Å². The summed E-state index contributed by atoms with van der Waals surface area (Å²) in [7, 11) is 0. The molecular formula is C8H12Br. The van der Waals surface area contributed by atoms with Gasteiger partial charge in [-0.05, 0) is 25.2 Å². The quantitative estimate of drug-likeness (QED) is 0.438. The number of alkyl halides is 1. The number of halogens is 1. The Hall–Kier alpha value is 0.220. The van der Waals surface area contributed by atoms with Crippen molar-refractivity contribution in [3.63, 3.8) is 0 Å². The van der Waals surface area contributed by atoms with Gasteiger partial charge >= 0.3 is 0 Å². The summed E-state index contributed by atoms with van der Waals surface area (Å²) in [5, 5.41) is 0. The highest BCUT2D eigenvalue weighted by atomic mass is 79.9. The van der Waals surface area contributed by atoms with Crippen LogP contribution in [0.5, 0.6) is 0 Å². The van der Waals surface area contributed by atoms with Crippen LogP contribution in [0.1, 0.15) is 19.8 Å². The minimum Gasteiger partial charge on any atom is -0.0887 e. The fourth-order valence-corrected chi connectivity index (χ4v) is 1.45. The van der Waals surface area contributed by atoms with Crippen LogP contribution in [-0.4, -0.2) is 4.83 Å². The second kappa shape index (κ2) is 3.40. The molecule has 1 radical (unpaired) electrons. The summed E-state index contributed by atoms with van der Waals surface area (Å²) in [4.78, 5) is 0.630. The Morgan fingerprint density at radius 2 is 2.44 bits per heavy atom. The predicted octanol–water partition coefficient (Wildman–Crippen LogP) is 2.94. The molecule has 0 heterocycles. The summed E-state index contributed by atoms with van der Waals surface area (Å²) in [6.07, 6.45) is 9.28. The van der Waals surface area contributed by atoms with Crippen molar-refractivity contribution in [2.24, 2.45) is 5.92 Å². The summed E-state index contributed by atoms with van der Waals surface area (Å²) >= 11 is 3.56. The lowest BCUT2D eigenvalue weighted by molar-refractivity contribution is 0.614. The van der Waals surface area contributed by atoms with Crippen LogP contribution in [0.4, 0.5) is 0 Å². The molecule has 0 N–H and O–H groups in total. The van der Waals surface area contributed by atoms with Crippen LogP contribution in [0.2, 0.25) is 0 Å². The van der Waals surface area contributed by atoms with E-state index in [4.69, 9.17) is 0 Å². The molecule has 0 saturated heterocycles. The van der Waals surface area contributed by atoms with Crippen LogP contribution in [0.15, 0.2) is 12.2 Å². The molecule has 0 bridgehead atoms. The number of hydrogen-bond acceptors (Lipinski definition) is 0. The molecule has 0 aromatic heterocycles. The van der Waals surface area contributed by atoms with Crippen LogP contribution in [-0.2, 0) is 0 Å². The van der Waals surface area contributed by atoms with Crippen molar-refractivity contribution in [3.8, 4) is 0 Å². The van der Waals surface area contributed by atoms with Gasteiger partial charge in [0.05, 0.1) is 0 Å². The fraction of sp³-hybridized carbons (Fsp3) is 0.625. The third-order valence-electron chi connectivity index (χ3n) is 1.71. The predicted molar refractivity (Wildman–Crippen MR) is 44.6 cm³/mol. The average Bonchev–Trinajstić information content (AvgIpc) is 1.90. The highest BCUT2D eigenvalue weighted by molar-refractivity contribution is 9.09. The molecule has 0 fully saturated rings. The summed E-state index contributed by atoms with van der Waals surface area (Å²) in [5.41, 5.74) is 0. The Balaban J connectivity index is 2.40. The third kappa shape index (κ3) is 2.13. The molecule has 1 rings (SSSR count). The van der Waals surface area contributed by atoms with Crippen molar-refractivity contribution in [2.75, 3.05) is 0 Å². The van der Waals surface area contributed by atoms with Crippen molar-refractivity contribution in [3.05, 3.63) is 18.6 Å². The highest BCUT2D eigenvalue weighted by Crippen LogP contribution is 2.23. The van der Waals surface area contributed by atoms with E-state index in [0.717, 1.165) is 12.3 Å². The van der Waals surface area contributed by atoms with Gasteiger partial charge in [0.1, 0.15) is 0 Å². The van der Waals surface area contributed by atoms with Crippen molar-refractivity contribution in [1.29, 1.82) is 0 Å². The average molecular weight is 188 g/mol. The molecule has 1 aliphatic carbocycles. The molecule has 0 saturated carbocycles. The number of allylic oxidation sites excluding steroid dienone is 2. The van der Waals surface area contributed by atoms with Gasteiger partial charge in [-0.1, -0.05) is 35.0 Å². The fourth-order valence-electron chi connectivity index (χ4n) is 1.06. The zero-order chi connectivity index (χ0) is 6.69. The Labute approximate surface area is 65.5 Å². The monoisotopic (exact) mass is 187 g/mol. The zero-order valence-electron chi connectivity index (χ0n) is 5.68. The zero-order valence-corrected chi connectivity index (χ0v) is 7.26. The van der Waals surface area contributed by atoms with E-state index >= 15 is 0 Å². The molecule has 0 aromatic rings. The number of rotatable bonds is 1. The van der Waals surface area contributed by atoms with Gasteiger partial charge in [0.15, 0.2) is 0 Å². The van der Waals surface area contributed by atoms with Gasteiger partial charge in [-0.15, -0.1) is 0 Å². The van der Waals surface area contributed by atoms with Crippen molar-refractivity contribution in [1.82, 2.24) is 0 Å². The van der Waals surface area contributed by atoms with E-state index < -0.39 is 0 Å². The van der Waals surface area contributed by atoms with Crippen LogP contribution in [0.3, 0.4) is 0 Å². The van der Waals surface area contributed by atoms with Gasteiger partial charge in [0, 0.05) is 4.83 Å². The van der Waals surface area contributed by atoms with Gasteiger partial charge in [-0.25, -0.2) is 0 Å². The van der Waals surface area contributed by atoms with E-state index in [2.05, 4.69) is 41.4 Å². The summed E-state index contributed by atoms with van der Waals surface area (Å²) < 4.78 is 0. The maximum Gasteiger partial charge on any atom is 0.0180 e. The minimum atomic E-state index is 0.630. The van der Waals surface area contributed by atoms with Gasteiger partial charge in [-0.2, -0.15) is 0 Å². The molecule has 1 aliphatic rings. The third-order valence-corrected chi connectivity index (χ3v) is 2.39. The first-order valence-electron chi connectivity index (χ1n) is 3.43. The summed E-state index contributed by atoms with van der Waals surface area (Å²) in [6.45, 7) is 2.20. The molecule has 1 heteroatoms. The van der Waals surface area contributed by atoms with E-state index in [1.54, 1.807) is 0 Å². The molecule has 9 heavy (non-hydrogen) atoms. The van der Waals surface area contributed by atoms with E-state index in [-0.39, 0.29) is 0 Å². The topological polar surface area (TPSA) is 0 Å². The standard InChI is InChI=1S/C8H12Br/c1-7(9)8-5-3-2-4-6-8/h3-5,7-8H,2,6H2,1H3. The largest absolute Gasteiger partial charge is 0.0887 e. The van der Waals surface area contributed by atoms with Crippen molar-refractivity contribution in [2.45, 2.75) is 24.6 Å². The lowest BCUT2D eigenvalue weighted by Gasteiger charge is -2.17. The van der Waals surface area contributed by atoms with Gasteiger partial charge in [0.25, 0.3) is 0 Å². The van der Waals surface area contributed by atoms with Crippen molar-refractivity contribution < 1.29 is 0 Å². The molecule has 0 spiro atoms. The van der Waals surface area contributed by atoms with E-state index in [0.29, 0.717) is 4.83 Å². The molecule has 2 atom stereocenters. The first-order valence-corrected chi connectivity index (χ1v) is 4.34. The lowest BCUT2D eigenvalue weighted by Crippen LogP contribution is -2.10. The van der Waals surface area contributed by atoms with Gasteiger partial charge < -0.3 is 0 Å². The summed E-state index contributed by atoms with van der Waals surface area (Å²) in [6, 6.07) is 0. The van der Waals surface area contributed by atoms with Crippen LogP contribution >= 0.6 is 15.9 Å². The highest BCUT2D eigenvalue weighted by Gasteiger charge is 2.12. The van der Waals surface area contributed by atoms with E-state index in [9.17, 15) is 0 Å². The Bertz CT molecular complexity index is 105. The Morgan fingerprint density at radius 1 is 1.67 bits per heavy atom. The molecule has 0 amide bonds. The van der Waals surface area contributed by atoms with Crippen LogP contribution < -0.4 is 0 Å². The first-order chi connectivity index (χ1) is 4.30. The SMILES string of the molecule is CC(Br)C1C=CC[CH]C1. The Kier molecular flexibility index (Phi) is 2.77. The maximum absolute atomic E-state index is 3.56. The minimum absolute atomic E-state index is 0.630. The van der Waals surface area contributed by atoms with Crippen molar-refractivity contribution >= 4 is 15.9 Å². The first kappa shape index (κ1) is 7.33. The molecule has 0 aliphatic heterocycles. The van der Waals surface area contributed by atoms with Gasteiger partial charge in [-0.3, -0.25) is 0 Å². The van der Waals surface area contributed by atoms with E-state index in [1.165, 1.54) is 6.42 Å². The molecule has 2 unspecified atom stereocenters.